The zero-order valence-electron chi connectivity index (χ0n) is 12.0. The third kappa shape index (κ3) is 4.12. The molecule has 1 aromatic rings. The highest BCUT2D eigenvalue weighted by atomic mass is 19.1. The summed E-state index contributed by atoms with van der Waals surface area (Å²) in [5.74, 6) is 0.0164. The second kappa shape index (κ2) is 7.50. The summed E-state index contributed by atoms with van der Waals surface area (Å²) < 4.78 is 18.7. The number of ketones is 1. The number of benzene rings is 1. The van der Waals surface area contributed by atoms with Gasteiger partial charge < -0.3 is 9.64 Å². The summed E-state index contributed by atoms with van der Waals surface area (Å²) in [5.41, 5.74) is 0.206. The molecule has 1 heterocycles. The number of Topliss-reactive ketones (excluding diaryl/α,β-unsaturated/α-hetero) is 1. The number of hydrogen-bond donors (Lipinski definition) is 0. The molecule has 20 heavy (non-hydrogen) atoms. The molecule has 0 bridgehead atoms. The van der Waals surface area contributed by atoms with Crippen LogP contribution < -0.4 is 0 Å². The normalized spacial score (nSPS) is 20.0. The molecule has 0 spiro atoms. The Morgan fingerprint density at radius 1 is 1.45 bits per heavy atom. The summed E-state index contributed by atoms with van der Waals surface area (Å²) in [5, 5.41) is 0. The second-order valence-electron chi connectivity index (χ2n) is 5.42. The number of ether oxygens (including phenoxy) is 1. The van der Waals surface area contributed by atoms with Gasteiger partial charge in [-0.3, -0.25) is 4.79 Å². The number of rotatable bonds is 6. The summed E-state index contributed by atoms with van der Waals surface area (Å²) in [4.78, 5) is 14.3. The fraction of sp³-hybridized carbons (Fsp3) is 0.562. The maximum Gasteiger partial charge on any atom is 0.167 e. The number of methoxy groups -OCH3 is 1. The maximum absolute atomic E-state index is 13.5. The quantitative estimate of drug-likeness (QED) is 0.750. The monoisotopic (exact) mass is 279 g/mol. The van der Waals surface area contributed by atoms with Gasteiger partial charge in [-0.05, 0) is 37.4 Å². The minimum atomic E-state index is -0.423. The average Bonchev–Trinajstić information content (AvgIpc) is 2.46. The Morgan fingerprint density at radius 3 is 3.00 bits per heavy atom. The van der Waals surface area contributed by atoms with E-state index in [1.54, 1.807) is 25.3 Å². The van der Waals surface area contributed by atoms with Crippen molar-refractivity contribution in [1.82, 2.24) is 4.90 Å². The van der Waals surface area contributed by atoms with Gasteiger partial charge in [-0.15, -0.1) is 0 Å². The highest BCUT2D eigenvalue weighted by Crippen LogP contribution is 2.17. The van der Waals surface area contributed by atoms with Crippen LogP contribution in [0, 0.1) is 11.7 Å². The van der Waals surface area contributed by atoms with Crippen LogP contribution in [0.25, 0.3) is 0 Å². The highest BCUT2D eigenvalue weighted by molar-refractivity contribution is 5.96. The molecule has 0 N–H and O–H groups in total. The van der Waals surface area contributed by atoms with Crippen molar-refractivity contribution in [3.05, 3.63) is 35.6 Å². The van der Waals surface area contributed by atoms with Gasteiger partial charge in [0.15, 0.2) is 5.78 Å². The standard InChI is InChI=1S/C16H22FNO2/c1-20-12-13-5-4-9-18(11-13)10-8-16(19)14-6-2-3-7-15(14)17/h2-3,6-7,13H,4-5,8-12H2,1H3. The first-order chi connectivity index (χ1) is 9.70. The largest absolute Gasteiger partial charge is 0.384 e. The molecule has 3 nitrogen and oxygen atoms in total. The first-order valence-electron chi connectivity index (χ1n) is 7.19. The van der Waals surface area contributed by atoms with Crippen LogP contribution in [0.2, 0.25) is 0 Å². The predicted octanol–water partition coefficient (Wildman–Crippen LogP) is 2.76. The van der Waals surface area contributed by atoms with Crippen molar-refractivity contribution < 1.29 is 13.9 Å². The van der Waals surface area contributed by atoms with Crippen molar-refractivity contribution >= 4 is 5.78 Å². The van der Waals surface area contributed by atoms with Gasteiger partial charge in [0.05, 0.1) is 12.2 Å². The van der Waals surface area contributed by atoms with Crippen LogP contribution in [0.4, 0.5) is 4.39 Å². The molecule has 0 aliphatic carbocycles. The van der Waals surface area contributed by atoms with E-state index in [0.29, 0.717) is 18.9 Å². The van der Waals surface area contributed by atoms with E-state index >= 15 is 0 Å². The third-order valence-corrected chi connectivity index (χ3v) is 3.83. The lowest BCUT2D eigenvalue weighted by molar-refractivity contribution is 0.0829. The van der Waals surface area contributed by atoms with Gasteiger partial charge in [0.2, 0.25) is 0 Å². The number of piperidine rings is 1. The van der Waals surface area contributed by atoms with Crippen LogP contribution in [-0.2, 0) is 4.74 Å². The number of hydrogen-bond acceptors (Lipinski definition) is 3. The van der Waals surface area contributed by atoms with Gasteiger partial charge >= 0.3 is 0 Å². The molecular formula is C16H22FNO2. The molecule has 0 radical (unpaired) electrons. The van der Waals surface area contributed by atoms with E-state index in [1.165, 1.54) is 12.5 Å². The number of carbonyl (C=O) groups excluding carboxylic acids is 1. The van der Waals surface area contributed by atoms with E-state index in [-0.39, 0.29) is 11.3 Å². The van der Waals surface area contributed by atoms with Crippen molar-refractivity contribution in [3.8, 4) is 0 Å². The van der Waals surface area contributed by atoms with Crippen molar-refractivity contribution in [2.24, 2.45) is 5.92 Å². The van der Waals surface area contributed by atoms with E-state index < -0.39 is 5.82 Å². The summed E-state index contributed by atoms with van der Waals surface area (Å²) >= 11 is 0. The molecule has 2 rings (SSSR count). The Hall–Kier alpha value is -1.26. The van der Waals surface area contributed by atoms with Crippen molar-refractivity contribution in [1.29, 1.82) is 0 Å². The van der Waals surface area contributed by atoms with Crippen LogP contribution in [0.3, 0.4) is 0 Å². The molecule has 1 fully saturated rings. The van der Waals surface area contributed by atoms with E-state index in [0.717, 1.165) is 26.1 Å². The summed E-state index contributed by atoms with van der Waals surface area (Å²) in [6.07, 6.45) is 2.70. The molecule has 0 saturated carbocycles. The number of halogens is 1. The smallest absolute Gasteiger partial charge is 0.167 e. The first kappa shape index (κ1) is 15.1. The van der Waals surface area contributed by atoms with Gasteiger partial charge in [-0.1, -0.05) is 12.1 Å². The predicted molar refractivity (Wildman–Crippen MR) is 76.4 cm³/mol. The SMILES string of the molecule is COCC1CCCN(CCC(=O)c2ccccc2F)C1. The fourth-order valence-corrected chi connectivity index (χ4v) is 2.81. The van der Waals surface area contributed by atoms with E-state index in [4.69, 9.17) is 4.74 Å². The van der Waals surface area contributed by atoms with Crippen LogP contribution in [0.5, 0.6) is 0 Å². The van der Waals surface area contributed by atoms with Gasteiger partial charge in [-0.2, -0.15) is 0 Å². The summed E-state index contributed by atoms with van der Waals surface area (Å²) in [7, 11) is 1.72. The molecule has 1 atom stereocenters. The molecule has 1 aliphatic rings. The minimum Gasteiger partial charge on any atom is -0.384 e. The molecule has 1 aliphatic heterocycles. The topological polar surface area (TPSA) is 29.5 Å². The number of carbonyl (C=O) groups is 1. The number of nitrogens with zero attached hydrogens (tertiary/aromatic N) is 1. The molecule has 110 valence electrons. The van der Waals surface area contributed by atoms with Crippen LogP contribution in [0.1, 0.15) is 29.6 Å². The Morgan fingerprint density at radius 2 is 2.25 bits per heavy atom. The van der Waals surface area contributed by atoms with E-state index in [9.17, 15) is 9.18 Å². The zero-order valence-corrected chi connectivity index (χ0v) is 12.0. The summed E-state index contributed by atoms with van der Waals surface area (Å²) in [6.45, 7) is 3.47. The fourth-order valence-electron chi connectivity index (χ4n) is 2.81. The molecule has 1 saturated heterocycles. The average molecular weight is 279 g/mol. The lowest BCUT2D eigenvalue weighted by Crippen LogP contribution is -2.38. The van der Waals surface area contributed by atoms with E-state index in [2.05, 4.69) is 4.90 Å². The first-order valence-corrected chi connectivity index (χ1v) is 7.19. The lowest BCUT2D eigenvalue weighted by atomic mass is 9.98. The van der Waals surface area contributed by atoms with E-state index in [1.807, 2.05) is 0 Å². The summed E-state index contributed by atoms with van der Waals surface area (Å²) in [6, 6.07) is 6.20. The van der Waals surface area contributed by atoms with Gasteiger partial charge in [-0.25, -0.2) is 4.39 Å². The van der Waals surface area contributed by atoms with Crippen molar-refractivity contribution in [3.63, 3.8) is 0 Å². The minimum absolute atomic E-state index is 0.114. The third-order valence-electron chi connectivity index (χ3n) is 3.83. The Bertz CT molecular complexity index is 448. The second-order valence-corrected chi connectivity index (χ2v) is 5.42. The van der Waals surface area contributed by atoms with Gasteiger partial charge in [0.25, 0.3) is 0 Å². The molecule has 0 aromatic heterocycles. The zero-order chi connectivity index (χ0) is 14.4. The lowest BCUT2D eigenvalue weighted by Gasteiger charge is -2.32. The van der Waals surface area contributed by atoms with Crippen molar-refractivity contribution in [2.75, 3.05) is 33.4 Å². The Labute approximate surface area is 119 Å². The van der Waals surface area contributed by atoms with Crippen LogP contribution >= 0.6 is 0 Å². The highest BCUT2D eigenvalue weighted by Gasteiger charge is 2.20. The Balaban J connectivity index is 1.83. The molecule has 1 aromatic carbocycles. The maximum atomic E-state index is 13.5. The van der Waals surface area contributed by atoms with Gasteiger partial charge in [0, 0.05) is 26.6 Å². The molecule has 4 heteroatoms. The molecule has 1 unspecified atom stereocenters. The molecule has 0 amide bonds. The van der Waals surface area contributed by atoms with Crippen molar-refractivity contribution in [2.45, 2.75) is 19.3 Å². The number of likely N-dealkylation sites (tertiary alicyclic amines) is 1. The molecular weight excluding hydrogens is 257 g/mol. The van der Waals surface area contributed by atoms with Gasteiger partial charge in [0.1, 0.15) is 5.82 Å². The van der Waals surface area contributed by atoms with Crippen LogP contribution in [0.15, 0.2) is 24.3 Å². The Kier molecular flexibility index (Phi) is 5.68. The van der Waals surface area contributed by atoms with Crippen LogP contribution in [-0.4, -0.2) is 44.0 Å².